The van der Waals surface area contributed by atoms with Crippen molar-refractivity contribution >= 4 is 0 Å². The number of aliphatic hydroxyl groups is 2. The molecule has 20 heavy (non-hydrogen) atoms. The first-order chi connectivity index (χ1) is 9.60. The SMILES string of the molecule is CCCC(CCC)(CCC)CCCCCCCC(O)O. The van der Waals surface area contributed by atoms with E-state index in [4.69, 9.17) is 10.2 Å². The molecule has 0 aromatic carbocycles. The summed E-state index contributed by atoms with van der Waals surface area (Å²) in [5.41, 5.74) is 0.611. The molecule has 0 fully saturated rings. The number of rotatable bonds is 14. The van der Waals surface area contributed by atoms with Crippen molar-refractivity contribution < 1.29 is 10.2 Å². The van der Waals surface area contributed by atoms with Gasteiger partial charge >= 0.3 is 0 Å². The molecule has 0 aromatic heterocycles. The Hall–Kier alpha value is -0.0800. The van der Waals surface area contributed by atoms with Crippen molar-refractivity contribution in [1.82, 2.24) is 0 Å². The molecule has 122 valence electrons. The van der Waals surface area contributed by atoms with E-state index < -0.39 is 6.29 Å². The summed E-state index contributed by atoms with van der Waals surface area (Å²) in [5.74, 6) is 0. The molecular formula is C18H38O2. The van der Waals surface area contributed by atoms with Gasteiger partial charge in [0.15, 0.2) is 6.29 Å². The van der Waals surface area contributed by atoms with Crippen molar-refractivity contribution in [2.75, 3.05) is 0 Å². The lowest BCUT2D eigenvalue weighted by molar-refractivity contribution is -0.0466. The zero-order chi connectivity index (χ0) is 15.3. The third-order valence-electron chi connectivity index (χ3n) is 4.51. The second-order valence-corrected chi connectivity index (χ2v) is 6.54. The van der Waals surface area contributed by atoms with Gasteiger partial charge in [0.05, 0.1) is 0 Å². The van der Waals surface area contributed by atoms with E-state index in [0.717, 1.165) is 12.8 Å². The molecule has 0 radical (unpaired) electrons. The van der Waals surface area contributed by atoms with E-state index in [9.17, 15) is 0 Å². The molecule has 0 aromatic rings. The van der Waals surface area contributed by atoms with Gasteiger partial charge in [-0.3, -0.25) is 0 Å². The minimum absolute atomic E-state index is 0.533. The second kappa shape index (κ2) is 12.6. The highest BCUT2D eigenvalue weighted by Crippen LogP contribution is 2.40. The minimum atomic E-state index is -1.11. The van der Waals surface area contributed by atoms with E-state index in [-0.39, 0.29) is 0 Å². The maximum atomic E-state index is 8.79. The van der Waals surface area contributed by atoms with E-state index in [2.05, 4.69) is 20.8 Å². The lowest BCUT2D eigenvalue weighted by Gasteiger charge is -2.34. The average Bonchev–Trinajstić information content (AvgIpc) is 2.38. The molecular weight excluding hydrogens is 248 g/mol. The maximum absolute atomic E-state index is 8.79. The van der Waals surface area contributed by atoms with Crippen LogP contribution in [-0.2, 0) is 0 Å². The van der Waals surface area contributed by atoms with Gasteiger partial charge in [-0.15, -0.1) is 0 Å². The Morgan fingerprint density at radius 2 is 1.10 bits per heavy atom. The fourth-order valence-electron chi connectivity index (χ4n) is 3.70. The Labute approximate surface area is 127 Å². The van der Waals surface area contributed by atoms with Crippen LogP contribution >= 0.6 is 0 Å². The molecule has 0 atom stereocenters. The summed E-state index contributed by atoms with van der Waals surface area (Å²) in [7, 11) is 0. The van der Waals surface area contributed by atoms with Crippen LogP contribution in [0.3, 0.4) is 0 Å². The molecule has 0 saturated heterocycles. The van der Waals surface area contributed by atoms with E-state index in [0.29, 0.717) is 11.8 Å². The van der Waals surface area contributed by atoms with Gasteiger partial charge < -0.3 is 10.2 Å². The molecule has 2 heteroatoms. The Kier molecular flexibility index (Phi) is 12.6. The second-order valence-electron chi connectivity index (χ2n) is 6.54. The topological polar surface area (TPSA) is 40.5 Å². The molecule has 0 unspecified atom stereocenters. The molecule has 2 N–H and O–H groups in total. The molecule has 0 bridgehead atoms. The van der Waals surface area contributed by atoms with Crippen molar-refractivity contribution in [3.63, 3.8) is 0 Å². The Balaban J connectivity index is 3.88. The molecule has 0 aliphatic rings. The van der Waals surface area contributed by atoms with E-state index in [1.165, 1.54) is 64.2 Å². The van der Waals surface area contributed by atoms with Crippen LogP contribution in [0.2, 0.25) is 0 Å². The number of aliphatic hydroxyl groups excluding tert-OH is 1. The number of unbranched alkanes of at least 4 members (excludes halogenated alkanes) is 4. The average molecular weight is 286 g/mol. The largest absolute Gasteiger partial charge is 0.368 e. The predicted molar refractivity (Wildman–Crippen MR) is 87.7 cm³/mol. The Bertz CT molecular complexity index is 185. The normalized spacial score (nSPS) is 12.3. The van der Waals surface area contributed by atoms with Crippen LogP contribution in [0.1, 0.15) is 104 Å². The van der Waals surface area contributed by atoms with Crippen molar-refractivity contribution in [3.05, 3.63) is 0 Å². The van der Waals surface area contributed by atoms with Gasteiger partial charge in [0, 0.05) is 0 Å². The summed E-state index contributed by atoms with van der Waals surface area (Å²) in [5, 5.41) is 17.6. The van der Waals surface area contributed by atoms with Crippen LogP contribution < -0.4 is 0 Å². The first-order valence-electron chi connectivity index (χ1n) is 8.96. The van der Waals surface area contributed by atoms with Crippen molar-refractivity contribution in [3.8, 4) is 0 Å². The third-order valence-corrected chi connectivity index (χ3v) is 4.51. The maximum Gasteiger partial charge on any atom is 0.151 e. The van der Waals surface area contributed by atoms with E-state index in [1.807, 2.05) is 0 Å². The van der Waals surface area contributed by atoms with Gasteiger partial charge in [0.2, 0.25) is 0 Å². The monoisotopic (exact) mass is 286 g/mol. The molecule has 0 amide bonds. The smallest absolute Gasteiger partial charge is 0.151 e. The molecule has 0 rings (SSSR count). The lowest BCUT2D eigenvalue weighted by Crippen LogP contribution is -2.20. The highest BCUT2D eigenvalue weighted by molar-refractivity contribution is 4.78. The number of hydrogen-bond donors (Lipinski definition) is 2. The first-order valence-corrected chi connectivity index (χ1v) is 8.96. The summed E-state index contributed by atoms with van der Waals surface area (Å²) in [6, 6.07) is 0. The van der Waals surface area contributed by atoms with Crippen LogP contribution in [0.5, 0.6) is 0 Å². The molecule has 0 aliphatic carbocycles. The van der Waals surface area contributed by atoms with Gasteiger partial charge in [-0.05, 0) is 43.9 Å². The van der Waals surface area contributed by atoms with Crippen LogP contribution in [0.15, 0.2) is 0 Å². The Morgan fingerprint density at radius 1 is 0.650 bits per heavy atom. The molecule has 0 aliphatic heterocycles. The third kappa shape index (κ3) is 9.77. The molecule has 0 spiro atoms. The minimum Gasteiger partial charge on any atom is -0.368 e. The van der Waals surface area contributed by atoms with Crippen molar-refractivity contribution in [2.45, 2.75) is 111 Å². The quantitative estimate of drug-likeness (QED) is 0.331. The molecule has 0 saturated carbocycles. The predicted octanol–water partition coefficient (Wildman–Crippen LogP) is 5.41. The Morgan fingerprint density at radius 3 is 1.55 bits per heavy atom. The van der Waals surface area contributed by atoms with E-state index >= 15 is 0 Å². The van der Waals surface area contributed by atoms with Gasteiger partial charge in [0.25, 0.3) is 0 Å². The standard InChI is InChI=1S/C18H38O2/c1-4-13-18(14-5-2,15-6-3)16-11-9-7-8-10-12-17(19)20/h17,19-20H,4-16H2,1-3H3. The van der Waals surface area contributed by atoms with Gasteiger partial charge in [-0.2, -0.15) is 0 Å². The highest BCUT2D eigenvalue weighted by atomic mass is 16.5. The number of hydrogen-bond acceptors (Lipinski definition) is 2. The fraction of sp³-hybridized carbons (Fsp3) is 1.00. The van der Waals surface area contributed by atoms with Crippen LogP contribution in [0.4, 0.5) is 0 Å². The van der Waals surface area contributed by atoms with Crippen LogP contribution in [0.25, 0.3) is 0 Å². The summed E-state index contributed by atoms with van der Waals surface area (Å²) in [6.07, 6.45) is 14.9. The van der Waals surface area contributed by atoms with Gasteiger partial charge in [0.1, 0.15) is 0 Å². The zero-order valence-corrected chi connectivity index (χ0v) is 14.2. The zero-order valence-electron chi connectivity index (χ0n) is 14.2. The first kappa shape index (κ1) is 19.9. The van der Waals surface area contributed by atoms with E-state index in [1.54, 1.807) is 0 Å². The van der Waals surface area contributed by atoms with Crippen LogP contribution in [-0.4, -0.2) is 16.5 Å². The molecule has 2 nitrogen and oxygen atoms in total. The summed E-state index contributed by atoms with van der Waals surface area (Å²) >= 11 is 0. The molecule has 0 heterocycles. The van der Waals surface area contributed by atoms with Crippen LogP contribution in [0, 0.1) is 5.41 Å². The summed E-state index contributed by atoms with van der Waals surface area (Å²) in [4.78, 5) is 0. The highest BCUT2D eigenvalue weighted by Gasteiger charge is 2.26. The van der Waals surface area contributed by atoms with Crippen molar-refractivity contribution in [1.29, 1.82) is 0 Å². The van der Waals surface area contributed by atoms with Gasteiger partial charge in [-0.1, -0.05) is 65.7 Å². The van der Waals surface area contributed by atoms with Crippen molar-refractivity contribution in [2.24, 2.45) is 5.41 Å². The summed E-state index contributed by atoms with van der Waals surface area (Å²) in [6.45, 7) is 6.96. The lowest BCUT2D eigenvalue weighted by atomic mass is 9.72. The summed E-state index contributed by atoms with van der Waals surface area (Å²) < 4.78 is 0. The van der Waals surface area contributed by atoms with Gasteiger partial charge in [-0.25, -0.2) is 0 Å². The fourth-order valence-corrected chi connectivity index (χ4v) is 3.70.